The molecule has 1 atom stereocenters. The zero-order valence-electron chi connectivity index (χ0n) is 12.0. The van der Waals surface area contributed by atoms with Crippen molar-refractivity contribution >= 4 is 5.78 Å². The third-order valence-corrected chi connectivity index (χ3v) is 3.91. The zero-order chi connectivity index (χ0) is 14.9. The van der Waals surface area contributed by atoms with E-state index in [1.807, 2.05) is 42.5 Å². The van der Waals surface area contributed by atoms with Gasteiger partial charge >= 0.3 is 0 Å². The standard InChI is InChI=1S/C18H18O3/c1-18(20,14-5-3-2-4-6-14)12-21-15-8-9-16-13(11-15)7-10-17(16)19/h2-6,8-9,11,20H,7,10,12H2,1H3. The van der Waals surface area contributed by atoms with Crippen LogP contribution in [0.2, 0.25) is 0 Å². The number of aliphatic hydroxyl groups is 1. The van der Waals surface area contributed by atoms with E-state index in [1.165, 1.54) is 0 Å². The van der Waals surface area contributed by atoms with Gasteiger partial charge in [0, 0.05) is 12.0 Å². The second-order valence-electron chi connectivity index (χ2n) is 5.67. The first-order chi connectivity index (χ1) is 10.1. The number of hydrogen-bond donors (Lipinski definition) is 1. The molecule has 2 aromatic rings. The first-order valence-electron chi connectivity index (χ1n) is 7.13. The van der Waals surface area contributed by atoms with E-state index >= 15 is 0 Å². The lowest BCUT2D eigenvalue weighted by atomic mass is 9.97. The van der Waals surface area contributed by atoms with E-state index in [0.717, 1.165) is 23.1 Å². The van der Waals surface area contributed by atoms with Crippen molar-refractivity contribution in [3.8, 4) is 5.75 Å². The van der Waals surface area contributed by atoms with Crippen LogP contribution in [0.3, 0.4) is 0 Å². The molecule has 0 saturated carbocycles. The number of Topliss-reactive ketones (excluding diaryl/α,β-unsaturated/α-hetero) is 1. The van der Waals surface area contributed by atoms with Crippen molar-refractivity contribution in [2.24, 2.45) is 0 Å². The van der Waals surface area contributed by atoms with E-state index in [-0.39, 0.29) is 12.4 Å². The van der Waals surface area contributed by atoms with E-state index in [1.54, 1.807) is 13.0 Å². The molecule has 0 amide bonds. The maximum atomic E-state index is 11.6. The molecule has 0 aliphatic heterocycles. The molecule has 0 saturated heterocycles. The average molecular weight is 282 g/mol. The summed E-state index contributed by atoms with van der Waals surface area (Å²) in [5.74, 6) is 0.896. The molecule has 3 nitrogen and oxygen atoms in total. The van der Waals surface area contributed by atoms with Crippen molar-refractivity contribution in [1.29, 1.82) is 0 Å². The SMILES string of the molecule is CC(O)(COc1ccc2c(c1)CCC2=O)c1ccccc1. The van der Waals surface area contributed by atoms with Crippen molar-refractivity contribution in [3.63, 3.8) is 0 Å². The Balaban J connectivity index is 1.72. The van der Waals surface area contributed by atoms with Crippen LogP contribution in [-0.2, 0) is 12.0 Å². The van der Waals surface area contributed by atoms with Crippen molar-refractivity contribution in [2.45, 2.75) is 25.4 Å². The summed E-state index contributed by atoms with van der Waals surface area (Å²) in [6.07, 6.45) is 1.36. The lowest BCUT2D eigenvalue weighted by Crippen LogP contribution is -2.29. The predicted molar refractivity (Wildman–Crippen MR) is 80.6 cm³/mol. The Kier molecular flexibility index (Phi) is 3.52. The van der Waals surface area contributed by atoms with Crippen LogP contribution in [0.15, 0.2) is 48.5 Å². The van der Waals surface area contributed by atoms with Crippen molar-refractivity contribution in [1.82, 2.24) is 0 Å². The van der Waals surface area contributed by atoms with Gasteiger partial charge in [-0.1, -0.05) is 30.3 Å². The Morgan fingerprint density at radius 2 is 1.90 bits per heavy atom. The second-order valence-corrected chi connectivity index (χ2v) is 5.67. The van der Waals surface area contributed by atoms with Crippen LogP contribution >= 0.6 is 0 Å². The van der Waals surface area contributed by atoms with Gasteiger partial charge in [-0.2, -0.15) is 0 Å². The highest BCUT2D eigenvalue weighted by Crippen LogP contribution is 2.27. The second kappa shape index (κ2) is 5.34. The molecule has 0 aromatic heterocycles. The highest BCUT2D eigenvalue weighted by atomic mass is 16.5. The van der Waals surface area contributed by atoms with E-state index in [9.17, 15) is 9.90 Å². The van der Waals surface area contributed by atoms with E-state index in [4.69, 9.17) is 4.74 Å². The smallest absolute Gasteiger partial charge is 0.163 e. The van der Waals surface area contributed by atoms with Gasteiger partial charge in [0.1, 0.15) is 18.0 Å². The fourth-order valence-electron chi connectivity index (χ4n) is 2.63. The molecular formula is C18H18O3. The highest BCUT2D eigenvalue weighted by molar-refractivity contribution is 6.00. The van der Waals surface area contributed by atoms with E-state index in [0.29, 0.717) is 12.2 Å². The van der Waals surface area contributed by atoms with Gasteiger partial charge in [-0.3, -0.25) is 4.79 Å². The summed E-state index contributed by atoms with van der Waals surface area (Å²) in [6, 6.07) is 15.0. The number of rotatable bonds is 4. The molecule has 1 aliphatic carbocycles. The fourth-order valence-corrected chi connectivity index (χ4v) is 2.63. The molecule has 1 unspecified atom stereocenters. The largest absolute Gasteiger partial charge is 0.490 e. The minimum atomic E-state index is -1.05. The molecule has 0 bridgehead atoms. The van der Waals surface area contributed by atoms with Crippen LogP contribution in [0.4, 0.5) is 0 Å². The third-order valence-electron chi connectivity index (χ3n) is 3.91. The van der Waals surface area contributed by atoms with Gasteiger partial charge in [0.15, 0.2) is 5.78 Å². The van der Waals surface area contributed by atoms with Crippen LogP contribution in [0.5, 0.6) is 5.75 Å². The molecular weight excluding hydrogens is 264 g/mol. The Labute approximate surface area is 124 Å². The monoisotopic (exact) mass is 282 g/mol. The average Bonchev–Trinajstić information content (AvgIpc) is 2.87. The lowest BCUT2D eigenvalue weighted by Gasteiger charge is -2.24. The molecule has 0 fully saturated rings. The molecule has 0 heterocycles. The van der Waals surface area contributed by atoms with Gasteiger partial charge in [-0.15, -0.1) is 0 Å². The number of carbonyl (C=O) groups excluding carboxylic acids is 1. The summed E-state index contributed by atoms with van der Waals surface area (Å²) in [6.45, 7) is 1.91. The summed E-state index contributed by atoms with van der Waals surface area (Å²) in [4.78, 5) is 11.6. The summed E-state index contributed by atoms with van der Waals surface area (Å²) in [5.41, 5.74) is 1.62. The van der Waals surface area contributed by atoms with Gasteiger partial charge < -0.3 is 9.84 Å². The van der Waals surface area contributed by atoms with E-state index in [2.05, 4.69) is 0 Å². The molecule has 2 aromatic carbocycles. The number of carbonyl (C=O) groups is 1. The van der Waals surface area contributed by atoms with Crippen LogP contribution in [0.25, 0.3) is 0 Å². The van der Waals surface area contributed by atoms with Crippen molar-refractivity contribution in [3.05, 3.63) is 65.2 Å². The quantitative estimate of drug-likeness (QED) is 0.937. The van der Waals surface area contributed by atoms with Crippen molar-refractivity contribution < 1.29 is 14.6 Å². The molecule has 108 valence electrons. The van der Waals surface area contributed by atoms with Crippen LogP contribution < -0.4 is 4.74 Å². The van der Waals surface area contributed by atoms with Gasteiger partial charge in [0.05, 0.1) is 0 Å². The van der Waals surface area contributed by atoms with Crippen LogP contribution in [-0.4, -0.2) is 17.5 Å². The van der Waals surface area contributed by atoms with Crippen LogP contribution in [0.1, 0.15) is 34.8 Å². The maximum absolute atomic E-state index is 11.6. The summed E-state index contributed by atoms with van der Waals surface area (Å²) >= 11 is 0. The number of ketones is 1. The Morgan fingerprint density at radius 3 is 2.67 bits per heavy atom. The maximum Gasteiger partial charge on any atom is 0.163 e. The van der Waals surface area contributed by atoms with Gasteiger partial charge in [0.2, 0.25) is 0 Å². The topological polar surface area (TPSA) is 46.5 Å². The number of benzene rings is 2. The van der Waals surface area contributed by atoms with E-state index < -0.39 is 5.60 Å². The Bertz CT molecular complexity index is 659. The molecule has 0 spiro atoms. The Hall–Kier alpha value is -2.13. The number of aryl methyl sites for hydroxylation is 1. The normalized spacial score (nSPS) is 16.4. The minimum Gasteiger partial charge on any atom is -0.490 e. The first kappa shape index (κ1) is 13.8. The van der Waals surface area contributed by atoms with Crippen molar-refractivity contribution in [2.75, 3.05) is 6.61 Å². The number of hydrogen-bond acceptors (Lipinski definition) is 3. The molecule has 3 heteroatoms. The number of fused-ring (bicyclic) bond motifs is 1. The van der Waals surface area contributed by atoms with Crippen LogP contribution in [0, 0.1) is 0 Å². The molecule has 21 heavy (non-hydrogen) atoms. The summed E-state index contributed by atoms with van der Waals surface area (Å²) in [5, 5.41) is 10.5. The molecule has 1 aliphatic rings. The summed E-state index contributed by atoms with van der Waals surface area (Å²) in [7, 11) is 0. The highest BCUT2D eigenvalue weighted by Gasteiger charge is 2.24. The lowest BCUT2D eigenvalue weighted by molar-refractivity contribution is 0.00757. The van der Waals surface area contributed by atoms with Gasteiger partial charge in [0.25, 0.3) is 0 Å². The number of ether oxygens (including phenoxy) is 1. The predicted octanol–water partition coefficient (Wildman–Crippen LogP) is 3.10. The van der Waals surface area contributed by atoms with Gasteiger partial charge in [-0.05, 0) is 42.7 Å². The molecule has 3 rings (SSSR count). The molecule has 0 radical (unpaired) electrons. The zero-order valence-corrected chi connectivity index (χ0v) is 12.0. The molecule has 1 N–H and O–H groups in total. The van der Waals surface area contributed by atoms with Gasteiger partial charge in [-0.25, -0.2) is 0 Å². The fraction of sp³-hybridized carbons (Fsp3) is 0.278. The minimum absolute atomic E-state index is 0.170. The summed E-state index contributed by atoms with van der Waals surface area (Å²) < 4.78 is 5.72. The third kappa shape index (κ3) is 2.83. The first-order valence-corrected chi connectivity index (χ1v) is 7.13. The Morgan fingerprint density at radius 1 is 1.14 bits per heavy atom.